The molecule has 6 heteroatoms. The molecule has 4 rings (SSSR count). The van der Waals surface area contributed by atoms with Gasteiger partial charge in [0.2, 0.25) is 5.88 Å². The Labute approximate surface area is 153 Å². The molecule has 0 radical (unpaired) electrons. The van der Waals surface area contributed by atoms with Gasteiger partial charge in [-0.3, -0.25) is 0 Å². The van der Waals surface area contributed by atoms with Gasteiger partial charge in [0.1, 0.15) is 5.82 Å². The van der Waals surface area contributed by atoms with Crippen molar-refractivity contribution in [3.63, 3.8) is 0 Å². The summed E-state index contributed by atoms with van der Waals surface area (Å²) in [7, 11) is 1.63. The van der Waals surface area contributed by atoms with Crippen LogP contribution in [-0.4, -0.2) is 26.7 Å². The number of hydrogen-bond acceptors (Lipinski definition) is 5. The number of methoxy groups -OCH3 is 1. The second-order valence-electron chi connectivity index (χ2n) is 7.03. The largest absolute Gasteiger partial charge is 0.481 e. The molecular weight excluding hydrogens is 326 g/mol. The highest BCUT2D eigenvalue weighted by molar-refractivity contribution is 5.54. The molecule has 6 nitrogen and oxygen atoms in total. The summed E-state index contributed by atoms with van der Waals surface area (Å²) >= 11 is 0. The number of ether oxygens (including phenoxy) is 1. The number of pyridine rings is 1. The maximum absolute atomic E-state index is 5.12. The molecule has 26 heavy (non-hydrogen) atoms. The lowest BCUT2D eigenvalue weighted by molar-refractivity contribution is 0.397. The number of fused-ring (bicyclic) bond motifs is 1. The molecule has 136 valence electrons. The van der Waals surface area contributed by atoms with Gasteiger partial charge in [-0.25, -0.2) is 9.97 Å². The van der Waals surface area contributed by atoms with Gasteiger partial charge in [-0.1, -0.05) is 25.3 Å². The monoisotopic (exact) mass is 351 g/mol. The Kier molecular flexibility index (Phi) is 4.73. The first kappa shape index (κ1) is 16.8. The first-order valence-electron chi connectivity index (χ1n) is 9.32. The van der Waals surface area contributed by atoms with Crippen molar-refractivity contribution in [2.24, 2.45) is 0 Å². The molecule has 1 aliphatic rings. The number of rotatable bonds is 5. The molecule has 3 aromatic rings. The number of hydrogen-bond donors (Lipinski definition) is 1. The van der Waals surface area contributed by atoms with Crippen molar-refractivity contribution < 1.29 is 4.74 Å². The maximum Gasteiger partial charge on any atom is 0.212 e. The zero-order valence-electron chi connectivity index (χ0n) is 15.4. The Hall–Kier alpha value is -2.63. The van der Waals surface area contributed by atoms with Crippen molar-refractivity contribution in [2.75, 3.05) is 12.4 Å². The smallest absolute Gasteiger partial charge is 0.212 e. The average molecular weight is 351 g/mol. The van der Waals surface area contributed by atoms with Gasteiger partial charge in [0.15, 0.2) is 5.65 Å². The van der Waals surface area contributed by atoms with E-state index in [1.54, 1.807) is 7.11 Å². The van der Waals surface area contributed by atoms with Gasteiger partial charge in [0.05, 0.1) is 13.3 Å². The Bertz CT molecular complexity index is 881. The molecule has 1 aliphatic carbocycles. The van der Waals surface area contributed by atoms with E-state index in [2.05, 4.69) is 28.4 Å². The fraction of sp³-hybridized carbons (Fsp3) is 0.450. The fourth-order valence-corrected chi connectivity index (χ4v) is 3.65. The van der Waals surface area contributed by atoms with Crippen LogP contribution in [0.2, 0.25) is 0 Å². The molecule has 0 unspecified atom stereocenters. The molecule has 3 heterocycles. The van der Waals surface area contributed by atoms with Crippen LogP contribution in [0.1, 0.15) is 54.8 Å². The summed E-state index contributed by atoms with van der Waals surface area (Å²) in [6.07, 6.45) is 10.1. The van der Waals surface area contributed by atoms with Crippen LogP contribution in [0.25, 0.3) is 5.65 Å². The van der Waals surface area contributed by atoms with Gasteiger partial charge in [-0.2, -0.15) is 9.61 Å². The minimum atomic E-state index is 0.561. The summed E-state index contributed by atoms with van der Waals surface area (Å²) in [6, 6.07) is 6.07. The normalized spacial score (nSPS) is 15.3. The Balaban J connectivity index is 1.61. The van der Waals surface area contributed by atoms with Crippen LogP contribution in [0.4, 0.5) is 5.82 Å². The summed E-state index contributed by atoms with van der Waals surface area (Å²) in [6.45, 7) is 2.75. The van der Waals surface area contributed by atoms with Crippen molar-refractivity contribution in [1.29, 1.82) is 0 Å². The van der Waals surface area contributed by atoms with Crippen LogP contribution >= 0.6 is 0 Å². The van der Waals surface area contributed by atoms with Gasteiger partial charge in [0.25, 0.3) is 0 Å². The SMILES string of the molecule is COc1ccc(CNc2cc(C3CCCCC3)nc3c(C)cnn23)cn1. The average Bonchev–Trinajstić information content (AvgIpc) is 3.08. The topological polar surface area (TPSA) is 64.3 Å². The van der Waals surface area contributed by atoms with Crippen molar-refractivity contribution in [3.8, 4) is 5.88 Å². The number of aromatic nitrogens is 4. The van der Waals surface area contributed by atoms with E-state index < -0.39 is 0 Å². The predicted octanol–water partition coefficient (Wildman–Crippen LogP) is 4.10. The zero-order valence-corrected chi connectivity index (χ0v) is 15.4. The molecular formula is C20H25N5O. The molecule has 0 saturated heterocycles. The third-order valence-electron chi connectivity index (χ3n) is 5.17. The van der Waals surface area contributed by atoms with Gasteiger partial charge < -0.3 is 10.1 Å². The third-order valence-corrected chi connectivity index (χ3v) is 5.17. The van der Waals surface area contributed by atoms with Crippen LogP contribution in [0.15, 0.2) is 30.6 Å². The van der Waals surface area contributed by atoms with Crippen molar-refractivity contribution >= 4 is 11.5 Å². The lowest BCUT2D eigenvalue weighted by Gasteiger charge is -2.22. The maximum atomic E-state index is 5.12. The predicted molar refractivity (Wildman–Crippen MR) is 102 cm³/mol. The second-order valence-corrected chi connectivity index (χ2v) is 7.03. The van der Waals surface area contributed by atoms with Crippen LogP contribution in [0.5, 0.6) is 5.88 Å². The summed E-state index contributed by atoms with van der Waals surface area (Å²) in [4.78, 5) is 9.20. The Morgan fingerprint density at radius 3 is 2.77 bits per heavy atom. The quantitative estimate of drug-likeness (QED) is 0.750. The standard InChI is InChI=1S/C20H25N5O/c1-14-11-23-25-18(21-12-15-8-9-19(26-2)22-13-15)10-17(24-20(14)25)16-6-4-3-5-7-16/h8-11,13,16,21H,3-7,12H2,1-2H3. The van der Waals surface area contributed by atoms with E-state index >= 15 is 0 Å². The van der Waals surface area contributed by atoms with Crippen LogP contribution < -0.4 is 10.1 Å². The fourth-order valence-electron chi connectivity index (χ4n) is 3.65. The molecule has 1 fully saturated rings. The first-order valence-corrected chi connectivity index (χ1v) is 9.32. The number of nitrogens with zero attached hydrogens (tertiary/aromatic N) is 4. The minimum Gasteiger partial charge on any atom is -0.481 e. The van der Waals surface area contributed by atoms with E-state index in [0.29, 0.717) is 18.3 Å². The van der Waals surface area contributed by atoms with Crippen LogP contribution in [0, 0.1) is 6.92 Å². The van der Waals surface area contributed by atoms with Gasteiger partial charge in [0, 0.05) is 42.0 Å². The van der Waals surface area contributed by atoms with Crippen molar-refractivity contribution in [2.45, 2.75) is 51.5 Å². The van der Waals surface area contributed by atoms with E-state index in [4.69, 9.17) is 9.72 Å². The highest BCUT2D eigenvalue weighted by Crippen LogP contribution is 2.33. The van der Waals surface area contributed by atoms with Crippen LogP contribution in [-0.2, 0) is 6.54 Å². The zero-order chi connectivity index (χ0) is 17.9. The first-order chi connectivity index (χ1) is 12.7. The summed E-state index contributed by atoms with van der Waals surface area (Å²) in [5.74, 6) is 2.17. The highest BCUT2D eigenvalue weighted by Gasteiger charge is 2.19. The molecule has 0 aliphatic heterocycles. The molecule has 3 aromatic heterocycles. The lowest BCUT2D eigenvalue weighted by atomic mass is 9.87. The molecule has 0 aromatic carbocycles. The third kappa shape index (κ3) is 3.36. The van der Waals surface area contributed by atoms with E-state index in [9.17, 15) is 0 Å². The van der Waals surface area contributed by atoms with Gasteiger partial charge >= 0.3 is 0 Å². The molecule has 0 amide bonds. The minimum absolute atomic E-state index is 0.561. The number of anilines is 1. The summed E-state index contributed by atoms with van der Waals surface area (Å²) in [5.41, 5.74) is 4.34. The molecule has 0 spiro atoms. The van der Waals surface area contributed by atoms with Gasteiger partial charge in [-0.05, 0) is 25.3 Å². The molecule has 0 bridgehead atoms. The van der Waals surface area contributed by atoms with E-state index in [0.717, 1.165) is 22.6 Å². The highest BCUT2D eigenvalue weighted by atomic mass is 16.5. The van der Waals surface area contributed by atoms with Crippen molar-refractivity contribution in [3.05, 3.63) is 47.4 Å². The molecule has 0 atom stereocenters. The number of nitrogens with one attached hydrogen (secondary N) is 1. The molecule has 1 saturated carbocycles. The lowest BCUT2D eigenvalue weighted by Crippen LogP contribution is -2.11. The van der Waals surface area contributed by atoms with Crippen molar-refractivity contribution in [1.82, 2.24) is 19.6 Å². The Morgan fingerprint density at radius 2 is 2.04 bits per heavy atom. The van der Waals surface area contributed by atoms with E-state index in [-0.39, 0.29) is 0 Å². The Morgan fingerprint density at radius 1 is 1.19 bits per heavy atom. The molecule has 1 N–H and O–H groups in total. The second kappa shape index (κ2) is 7.32. The van der Waals surface area contributed by atoms with Crippen LogP contribution in [0.3, 0.4) is 0 Å². The van der Waals surface area contributed by atoms with E-state index in [1.807, 2.05) is 29.0 Å². The summed E-state index contributed by atoms with van der Waals surface area (Å²) in [5, 5.41) is 8.01. The van der Waals surface area contributed by atoms with Gasteiger partial charge in [-0.15, -0.1) is 0 Å². The summed E-state index contributed by atoms with van der Waals surface area (Å²) < 4.78 is 7.02. The number of aryl methyl sites for hydroxylation is 1. The van der Waals surface area contributed by atoms with E-state index in [1.165, 1.54) is 37.8 Å².